The van der Waals surface area contributed by atoms with Crippen molar-refractivity contribution in [2.75, 3.05) is 13.7 Å². The second-order valence-electron chi connectivity index (χ2n) is 5.40. The van der Waals surface area contributed by atoms with Gasteiger partial charge in [0.2, 0.25) is 5.91 Å². The SMILES string of the molecule is COc1ccc(C)cc1CC(=O)NCCCCCCC(=O)O. The van der Waals surface area contributed by atoms with Gasteiger partial charge in [-0.25, -0.2) is 0 Å². The molecule has 0 unspecified atom stereocenters. The summed E-state index contributed by atoms with van der Waals surface area (Å²) in [7, 11) is 1.60. The molecule has 0 aliphatic rings. The van der Waals surface area contributed by atoms with Crippen molar-refractivity contribution in [1.29, 1.82) is 0 Å². The first-order valence-electron chi connectivity index (χ1n) is 7.65. The fourth-order valence-corrected chi connectivity index (χ4v) is 2.26. The quantitative estimate of drug-likeness (QED) is 0.652. The lowest BCUT2D eigenvalue weighted by Gasteiger charge is -2.10. The van der Waals surface area contributed by atoms with E-state index in [1.165, 1.54) is 0 Å². The topological polar surface area (TPSA) is 75.6 Å². The number of carbonyl (C=O) groups is 2. The molecular weight excluding hydrogens is 282 g/mol. The Hall–Kier alpha value is -2.04. The zero-order chi connectivity index (χ0) is 16.4. The van der Waals surface area contributed by atoms with Crippen LogP contribution in [0.4, 0.5) is 0 Å². The highest BCUT2D eigenvalue weighted by molar-refractivity contribution is 5.79. The van der Waals surface area contributed by atoms with E-state index in [1.54, 1.807) is 7.11 Å². The summed E-state index contributed by atoms with van der Waals surface area (Å²) in [6.45, 7) is 2.61. The molecule has 0 heterocycles. The third-order valence-electron chi connectivity index (χ3n) is 3.43. The molecule has 0 aliphatic heterocycles. The van der Waals surface area contributed by atoms with E-state index in [2.05, 4.69) is 5.32 Å². The number of aryl methyl sites for hydroxylation is 1. The van der Waals surface area contributed by atoms with Crippen LogP contribution in [0.3, 0.4) is 0 Å². The molecule has 5 heteroatoms. The molecule has 122 valence electrons. The average Bonchev–Trinajstić information content (AvgIpc) is 2.46. The van der Waals surface area contributed by atoms with Crippen molar-refractivity contribution in [3.63, 3.8) is 0 Å². The standard InChI is InChI=1S/C17H25NO4/c1-13-8-9-15(22-2)14(11-13)12-16(19)18-10-6-4-3-5-7-17(20)21/h8-9,11H,3-7,10,12H2,1-2H3,(H,18,19)(H,20,21). The molecule has 0 spiro atoms. The van der Waals surface area contributed by atoms with Crippen molar-refractivity contribution < 1.29 is 19.4 Å². The molecule has 0 saturated heterocycles. The van der Waals surface area contributed by atoms with Gasteiger partial charge in [0, 0.05) is 18.5 Å². The predicted octanol–water partition coefficient (Wildman–Crippen LogP) is 2.70. The number of amides is 1. The molecule has 1 aromatic rings. The number of benzene rings is 1. The Kier molecular flexibility index (Phi) is 8.04. The van der Waals surface area contributed by atoms with Gasteiger partial charge in [-0.05, 0) is 25.8 Å². The Morgan fingerprint density at radius 2 is 1.91 bits per heavy atom. The largest absolute Gasteiger partial charge is 0.496 e. The van der Waals surface area contributed by atoms with Gasteiger partial charge in [-0.15, -0.1) is 0 Å². The lowest BCUT2D eigenvalue weighted by molar-refractivity contribution is -0.137. The molecule has 1 rings (SSSR count). The van der Waals surface area contributed by atoms with Gasteiger partial charge in [-0.3, -0.25) is 9.59 Å². The second kappa shape index (κ2) is 9.82. The lowest BCUT2D eigenvalue weighted by atomic mass is 10.1. The van der Waals surface area contributed by atoms with Gasteiger partial charge >= 0.3 is 5.97 Å². The van der Waals surface area contributed by atoms with E-state index in [9.17, 15) is 9.59 Å². The van der Waals surface area contributed by atoms with Crippen molar-refractivity contribution in [3.8, 4) is 5.75 Å². The summed E-state index contributed by atoms with van der Waals surface area (Å²) in [5, 5.41) is 11.4. The van der Waals surface area contributed by atoms with E-state index in [1.807, 2.05) is 25.1 Å². The number of carboxylic acids is 1. The second-order valence-corrected chi connectivity index (χ2v) is 5.40. The Morgan fingerprint density at radius 1 is 1.18 bits per heavy atom. The maximum atomic E-state index is 11.9. The number of hydrogen-bond donors (Lipinski definition) is 2. The minimum absolute atomic E-state index is 0.0190. The predicted molar refractivity (Wildman–Crippen MR) is 85.2 cm³/mol. The summed E-state index contributed by atoms with van der Waals surface area (Å²) in [4.78, 5) is 22.3. The molecule has 1 amide bonds. The van der Waals surface area contributed by atoms with E-state index in [0.717, 1.165) is 36.1 Å². The highest BCUT2D eigenvalue weighted by atomic mass is 16.5. The first kappa shape index (κ1) is 18.0. The summed E-state index contributed by atoms with van der Waals surface area (Å²) < 4.78 is 5.26. The maximum absolute atomic E-state index is 11.9. The molecule has 0 aliphatic carbocycles. The molecule has 5 nitrogen and oxygen atoms in total. The molecular formula is C17H25NO4. The molecule has 0 radical (unpaired) electrons. The Labute approximate surface area is 131 Å². The van der Waals surface area contributed by atoms with E-state index < -0.39 is 5.97 Å². The molecule has 1 aromatic carbocycles. The fraction of sp³-hybridized carbons (Fsp3) is 0.529. The van der Waals surface area contributed by atoms with Crippen molar-refractivity contribution >= 4 is 11.9 Å². The van der Waals surface area contributed by atoms with Gasteiger partial charge < -0.3 is 15.2 Å². The minimum Gasteiger partial charge on any atom is -0.496 e. The number of unbranched alkanes of at least 4 members (excludes halogenated alkanes) is 3. The number of nitrogens with one attached hydrogen (secondary N) is 1. The van der Waals surface area contributed by atoms with Gasteiger partial charge in [0.15, 0.2) is 0 Å². The van der Waals surface area contributed by atoms with Crippen LogP contribution < -0.4 is 10.1 Å². The third kappa shape index (κ3) is 7.11. The Balaban J connectivity index is 2.24. The molecule has 0 aromatic heterocycles. The van der Waals surface area contributed by atoms with Crippen LogP contribution in [-0.4, -0.2) is 30.6 Å². The number of carboxylic acid groups (broad SMARTS) is 1. The highest BCUT2D eigenvalue weighted by Crippen LogP contribution is 2.20. The van der Waals surface area contributed by atoms with Gasteiger partial charge in [0.25, 0.3) is 0 Å². The van der Waals surface area contributed by atoms with Crippen LogP contribution in [0.15, 0.2) is 18.2 Å². The van der Waals surface area contributed by atoms with Crippen LogP contribution in [-0.2, 0) is 16.0 Å². The van der Waals surface area contributed by atoms with Crippen LogP contribution in [0.1, 0.15) is 43.2 Å². The monoisotopic (exact) mass is 307 g/mol. The van der Waals surface area contributed by atoms with Gasteiger partial charge in [-0.1, -0.05) is 30.5 Å². The third-order valence-corrected chi connectivity index (χ3v) is 3.43. The zero-order valence-corrected chi connectivity index (χ0v) is 13.4. The first-order chi connectivity index (χ1) is 10.5. The number of ether oxygens (including phenoxy) is 1. The van der Waals surface area contributed by atoms with Crippen molar-refractivity contribution in [3.05, 3.63) is 29.3 Å². The van der Waals surface area contributed by atoms with Crippen molar-refractivity contribution in [1.82, 2.24) is 5.32 Å². The van der Waals surface area contributed by atoms with E-state index >= 15 is 0 Å². The first-order valence-corrected chi connectivity index (χ1v) is 7.65. The normalized spacial score (nSPS) is 10.3. The molecule has 22 heavy (non-hydrogen) atoms. The minimum atomic E-state index is -0.750. The van der Waals surface area contributed by atoms with E-state index in [4.69, 9.17) is 9.84 Å². The highest BCUT2D eigenvalue weighted by Gasteiger charge is 2.08. The van der Waals surface area contributed by atoms with Crippen LogP contribution in [0, 0.1) is 6.92 Å². The molecule has 0 bridgehead atoms. The van der Waals surface area contributed by atoms with Crippen LogP contribution >= 0.6 is 0 Å². The zero-order valence-electron chi connectivity index (χ0n) is 13.4. The Morgan fingerprint density at radius 3 is 2.59 bits per heavy atom. The summed E-state index contributed by atoms with van der Waals surface area (Å²) in [5.41, 5.74) is 1.99. The molecule has 0 atom stereocenters. The fourth-order valence-electron chi connectivity index (χ4n) is 2.26. The number of methoxy groups -OCH3 is 1. The summed E-state index contributed by atoms with van der Waals surface area (Å²) in [6.07, 6.45) is 3.92. The van der Waals surface area contributed by atoms with Gasteiger partial charge in [0.05, 0.1) is 13.5 Å². The summed E-state index contributed by atoms with van der Waals surface area (Å²) in [5.74, 6) is -0.0377. The van der Waals surface area contributed by atoms with E-state index in [-0.39, 0.29) is 12.3 Å². The maximum Gasteiger partial charge on any atom is 0.303 e. The number of rotatable bonds is 10. The van der Waals surface area contributed by atoms with Crippen molar-refractivity contribution in [2.24, 2.45) is 0 Å². The van der Waals surface area contributed by atoms with Crippen molar-refractivity contribution in [2.45, 2.75) is 45.4 Å². The van der Waals surface area contributed by atoms with E-state index in [0.29, 0.717) is 19.4 Å². The summed E-state index contributed by atoms with van der Waals surface area (Å²) >= 11 is 0. The van der Waals surface area contributed by atoms with Gasteiger partial charge in [0.1, 0.15) is 5.75 Å². The number of carbonyl (C=O) groups excluding carboxylic acids is 1. The van der Waals surface area contributed by atoms with Crippen LogP contribution in [0.25, 0.3) is 0 Å². The molecule has 2 N–H and O–H groups in total. The van der Waals surface area contributed by atoms with Crippen LogP contribution in [0.2, 0.25) is 0 Å². The Bertz CT molecular complexity index is 499. The van der Waals surface area contributed by atoms with Crippen LogP contribution in [0.5, 0.6) is 5.75 Å². The number of aliphatic carboxylic acids is 1. The molecule has 0 saturated carbocycles. The number of hydrogen-bond acceptors (Lipinski definition) is 3. The smallest absolute Gasteiger partial charge is 0.303 e. The molecule has 0 fully saturated rings. The lowest BCUT2D eigenvalue weighted by Crippen LogP contribution is -2.26. The van der Waals surface area contributed by atoms with Gasteiger partial charge in [-0.2, -0.15) is 0 Å². The summed E-state index contributed by atoms with van der Waals surface area (Å²) in [6, 6.07) is 5.79. The average molecular weight is 307 g/mol.